The Kier molecular flexibility index (Phi) is 15.1. The molecular weight excluding hydrogens is 1060 g/mol. The fourth-order valence-electron chi connectivity index (χ4n) is 6.76. The Labute approximate surface area is 410 Å². The normalized spacial score (nSPS) is 14.8. The smallest absolute Gasteiger partial charge is 0.296 e. The van der Waals surface area contributed by atoms with E-state index in [-0.39, 0.29) is 50.7 Å². The van der Waals surface area contributed by atoms with Gasteiger partial charge in [-0.1, -0.05) is 0 Å². The van der Waals surface area contributed by atoms with Crippen LogP contribution in [0.1, 0.15) is 0 Å². The Morgan fingerprint density at radius 2 is 1.16 bits per heavy atom. The van der Waals surface area contributed by atoms with Crippen LogP contribution >= 0.6 is 0 Å². The Morgan fingerprint density at radius 3 is 1.73 bits per heavy atom. The van der Waals surface area contributed by atoms with Crippen LogP contribution in [0, 0.1) is 0 Å². The number of azo groups is 3. The molecule has 29 nitrogen and oxygen atoms in total. The van der Waals surface area contributed by atoms with E-state index in [1.165, 1.54) is 18.2 Å². The van der Waals surface area contributed by atoms with Gasteiger partial charge in [0.2, 0.25) is 11.9 Å². The van der Waals surface area contributed by atoms with Crippen molar-refractivity contribution >= 4 is 108 Å². The molecule has 9 N–H and O–H groups in total. The van der Waals surface area contributed by atoms with E-state index >= 15 is 0 Å². The van der Waals surface area contributed by atoms with Crippen LogP contribution in [0.3, 0.4) is 0 Å². The van der Waals surface area contributed by atoms with E-state index in [9.17, 15) is 82.2 Å². The maximum atomic E-state index is 13.3. The van der Waals surface area contributed by atoms with E-state index in [0.717, 1.165) is 59.6 Å². The van der Waals surface area contributed by atoms with Crippen LogP contribution in [0.4, 0.5) is 34.1 Å². The molecule has 384 valence electrons. The first-order chi connectivity index (χ1) is 34.3. The monoisotopic (exact) mass is 1090 g/mol. The summed E-state index contributed by atoms with van der Waals surface area (Å²) in [5.41, 5.74) is -1.79. The van der Waals surface area contributed by atoms with Crippen molar-refractivity contribution in [3.05, 3.63) is 84.9 Å². The first kappa shape index (κ1) is 53.1. The van der Waals surface area contributed by atoms with Crippen molar-refractivity contribution in [2.75, 3.05) is 38.2 Å². The predicted octanol–water partition coefficient (Wildman–Crippen LogP) is 4.74. The highest BCUT2D eigenvalue weighted by molar-refractivity contribution is 7.86. The second-order valence-electron chi connectivity index (χ2n) is 14.6. The maximum Gasteiger partial charge on any atom is 0.296 e. The summed E-state index contributed by atoms with van der Waals surface area (Å²) >= 11 is 0. The van der Waals surface area contributed by atoms with Crippen molar-refractivity contribution in [2.45, 2.75) is 25.6 Å². The number of aliphatic hydroxyl groups excluding tert-OH is 3. The standard InChI is InChI=1S/C40H34N8O21S4/c49-9-11-67-31-18-29(32(68-12-10-50)17-28(31)43-42-27-7-8-33(72(61,62)63)26-15-24(71(58,59)60)16-30(52)35(26)27)44-45-36-34(73(64,65)66)14-20-13-21(1-6-25(20)38(36)53)41-46-37-39(69-19-51)47-48(40(37)54)22-2-4-23(5-3-22)70(55,56)57/h1-8,13-18,37,49-53H,9-12,19H2,(H,55,56,57)(H,58,59,60)(H,61,62,63)(H,64,65,66)/b43-42+,45-44+,46-41+. The van der Waals surface area contributed by atoms with Crippen molar-refractivity contribution in [1.82, 2.24) is 0 Å². The molecule has 0 saturated carbocycles. The molecule has 1 atom stereocenters. The Morgan fingerprint density at radius 1 is 0.575 bits per heavy atom. The van der Waals surface area contributed by atoms with E-state index in [1.807, 2.05) is 0 Å². The molecule has 1 aliphatic rings. The number of rotatable bonds is 18. The average molecular weight is 1090 g/mol. The van der Waals surface area contributed by atoms with E-state index < -0.39 is 139 Å². The minimum absolute atomic E-state index is 0.0108. The van der Waals surface area contributed by atoms with Crippen molar-refractivity contribution in [1.29, 1.82) is 0 Å². The highest BCUT2D eigenvalue weighted by atomic mass is 32.2. The number of aliphatic hydroxyl groups is 3. The summed E-state index contributed by atoms with van der Waals surface area (Å²) in [7, 11) is -19.9. The molecule has 1 aliphatic heterocycles. The van der Waals surface area contributed by atoms with Crippen molar-refractivity contribution in [3.63, 3.8) is 0 Å². The average Bonchev–Trinajstić information content (AvgIpc) is 3.63. The van der Waals surface area contributed by atoms with E-state index in [1.54, 1.807) is 0 Å². The van der Waals surface area contributed by atoms with E-state index in [0.29, 0.717) is 12.1 Å². The molecule has 6 aromatic carbocycles. The van der Waals surface area contributed by atoms with Crippen LogP contribution in [0.5, 0.6) is 23.0 Å². The summed E-state index contributed by atoms with van der Waals surface area (Å²) in [6.45, 7) is -2.92. The number of hydrogen-bond acceptors (Lipinski definition) is 24. The van der Waals surface area contributed by atoms with Crippen molar-refractivity contribution in [3.8, 4) is 23.0 Å². The molecule has 0 saturated heterocycles. The quantitative estimate of drug-likeness (QED) is 0.0319. The number of hydrogen-bond donors (Lipinski definition) is 9. The number of benzene rings is 6. The lowest BCUT2D eigenvalue weighted by Crippen LogP contribution is -2.31. The molecule has 7 rings (SSSR count). The molecular formula is C40H34N8O21S4. The van der Waals surface area contributed by atoms with Crippen LogP contribution < -0.4 is 14.5 Å². The minimum Gasteiger partial charge on any atom is -0.507 e. The number of phenols is 2. The van der Waals surface area contributed by atoms with Gasteiger partial charge in [-0.2, -0.15) is 48.9 Å². The number of nitrogens with zero attached hydrogens (tertiary/aromatic N) is 8. The number of aromatic hydroxyl groups is 2. The number of amides is 1. The number of phenolic OH excluding ortho intramolecular Hbond substituents is 2. The molecule has 0 aliphatic carbocycles. The molecule has 33 heteroatoms. The first-order valence-corrected chi connectivity index (χ1v) is 25.8. The molecule has 1 unspecified atom stereocenters. The topological polar surface area (TPSA) is 453 Å². The zero-order chi connectivity index (χ0) is 53.2. The van der Waals surface area contributed by atoms with Crippen LogP contribution in [0.2, 0.25) is 0 Å². The molecule has 1 heterocycles. The van der Waals surface area contributed by atoms with Crippen LogP contribution in [-0.2, 0) is 50.0 Å². The van der Waals surface area contributed by atoms with Crippen LogP contribution in [0.15, 0.2) is 140 Å². The Bertz CT molecular complexity index is 3800. The second-order valence-corrected chi connectivity index (χ2v) is 20.3. The molecule has 0 fully saturated rings. The van der Waals surface area contributed by atoms with Gasteiger partial charge in [0.25, 0.3) is 46.4 Å². The number of hydrazone groups is 1. The van der Waals surface area contributed by atoms with Gasteiger partial charge in [0.15, 0.2) is 12.5 Å². The van der Waals surface area contributed by atoms with E-state index in [4.69, 9.17) is 14.2 Å². The van der Waals surface area contributed by atoms with Crippen LogP contribution in [-0.4, -0.2) is 128 Å². The zero-order valence-corrected chi connectivity index (χ0v) is 39.6. The summed E-state index contributed by atoms with van der Waals surface area (Å²) in [5, 5.41) is 78.2. The molecule has 0 spiro atoms. The second kappa shape index (κ2) is 20.8. The summed E-state index contributed by atoms with van der Waals surface area (Å²) in [4.78, 5) is 10.1. The van der Waals surface area contributed by atoms with Crippen LogP contribution in [0.25, 0.3) is 21.5 Å². The molecule has 0 bridgehead atoms. The third-order valence-corrected chi connectivity index (χ3v) is 13.4. The Hall–Kier alpha value is -7.70. The fourth-order valence-corrected chi connectivity index (χ4v) is 9.10. The largest absolute Gasteiger partial charge is 0.507 e. The van der Waals surface area contributed by atoms with Gasteiger partial charge in [-0.15, -0.1) is 25.6 Å². The van der Waals surface area contributed by atoms with Gasteiger partial charge >= 0.3 is 0 Å². The van der Waals surface area contributed by atoms with Crippen molar-refractivity contribution in [2.24, 2.45) is 35.8 Å². The van der Waals surface area contributed by atoms with Crippen molar-refractivity contribution < 1.29 is 96.4 Å². The molecule has 1 amide bonds. The maximum absolute atomic E-state index is 13.3. The summed E-state index contributed by atoms with van der Waals surface area (Å²) < 4.78 is 152. The molecule has 0 radical (unpaired) electrons. The van der Waals surface area contributed by atoms with Gasteiger partial charge in [-0.25, -0.2) is 0 Å². The number of carbonyl (C=O) groups excluding carboxylic acids is 1. The first-order valence-electron chi connectivity index (χ1n) is 20.0. The summed E-state index contributed by atoms with van der Waals surface area (Å²) in [5.74, 6) is -3.64. The van der Waals surface area contributed by atoms with Gasteiger partial charge in [0.1, 0.15) is 57.3 Å². The molecule has 6 aromatic rings. The highest BCUT2D eigenvalue weighted by Gasteiger charge is 2.39. The fraction of sp³-hybridized carbons (Fsp3) is 0.150. The van der Waals surface area contributed by atoms with Gasteiger partial charge in [0, 0.05) is 29.0 Å². The minimum atomic E-state index is -5.25. The lowest BCUT2D eigenvalue weighted by atomic mass is 10.1. The van der Waals surface area contributed by atoms with Gasteiger partial charge in [-0.3, -0.25) is 23.0 Å². The number of fused-ring (bicyclic) bond motifs is 2. The van der Waals surface area contributed by atoms with E-state index in [2.05, 4.69) is 35.8 Å². The molecule has 0 aromatic heterocycles. The highest BCUT2D eigenvalue weighted by Crippen LogP contribution is 2.46. The summed E-state index contributed by atoms with van der Waals surface area (Å²) in [6.07, 6.45) is 0. The Balaban J connectivity index is 1.25. The lowest BCUT2D eigenvalue weighted by Gasteiger charge is -2.13. The number of ether oxygens (including phenoxy) is 3. The summed E-state index contributed by atoms with van der Waals surface area (Å²) in [6, 6.07) is 12.4. The lowest BCUT2D eigenvalue weighted by molar-refractivity contribution is -0.118. The third-order valence-electron chi connectivity index (χ3n) is 9.91. The third kappa shape index (κ3) is 11.7. The van der Waals surface area contributed by atoms with Gasteiger partial charge in [-0.05, 0) is 72.1 Å². The predicted molar refractivity (Wildman–Crippen MR) is 248 cm³/mol. The van der Waals surface area contributed by atoms with Gasteiger partial charge in [0.05, 0.1) is 45.5 Å². The SMILES string of the molecule is O=C1C(/N=N/c2ccc3c(O)c(/N=N/c4cc(OCCO)c(/N=N/c5ccc(S(=O)(=O)O)c6cc(S(=O)(=O)O)cc(O)c56)cc4OCCO)c(S(=O)(=O)O)cc3c2)C(OCO)=NN1c1ccc(S(=O)(=O)O)cc1. The van der Waals surface area contributed by atoms with Gasteiger partial charge < -0.3 is 39.7 Å². The zero-order valence-electron chi connectivity index (χ0n) is 36.3. The number of carbonyl (C=O) groups is 1. The molecule has 73 heavy (non-hydrogen) atoms. The number of anilines is 1.